The maximum absolute atomic E-state index is 12.2. The zero-order valence-corrected chi connectivity index (χ0v) is 13.9. The predicted octanol–water partition coefficient (Wildman–Crippen LogP) is 1.90. The fourth-order valence-electron chi connectivity index (χ4n) is 2.35. The number of amides is 1. The Kier molecular flexibility index (Phi) is 6.17. The lowest BCUT2D eigenvalue weighted by atomic mass is 10.0. The van der Waals surface area contributed by atoms with E-state index in [1.807, 2.05) is 19.1 Å². The van der Waals surface area contributed by atoms with Crippen LogP contribution in [0.25, 0.3) is 0 Å². The molecule has 1 aromatic rings. The molecule has 3 unspecified atom stereocenters. The first-order valence-corrected chi connectivity index (χ1v) is 7.95. The number of carbonyl (C=O) groups excluding carboxylic acids is 1. The van der Waals surface area contributed by atoms with Gasteiger partial charge >= 0.3 is 0 Å². The van der Waals surface area contributed by atoms with Gasteiger partial charge in [0.25, 0.3) is 0 Å². The van der Waals surface area contributed by atoms with Crippen LogP contribution in [-0.4, -0.2) is 31.7 Å². The summed E-state index contributed by atoms with van der Waals surface area (Å²) >= 11 is 3.43. The number of hydrazine groups is 1. The minimum Gasteiger partial charge on any atom is -0.385 e. The molecule has 3 atom stereocenters. The van der Waals surface area contributed by atoms with Gasteiger partial charge in [-0.2, -0.15) is 0 Å². The SMILES string of the molecule is COCCC(C)NC(=O)C1CC(c2ccc(Br)cc2)NN1. The highest BCUT2D eigenvalue weighted by Crippen LogP contribution is 2.23. The summed E-state index contributed by atoms with van der Waals surface area (Å²) < 4.78 is 6.08. The van der Waals surface area contributed by atoms with Gasteiger partial charge in [0.15, 0.2) is 0 Å². The lowest BCUT2D eigenvalue weighted by Gasteiger charge is -2.16. The second kappa shape index (κ2) is 7.89. The third-order valence-corrected chi connectivity index (χ3v) is 4.16. The van der Waals surface area contributed by atoms with Gasteiger partial charge in [-0.15, -0.1) is 0 Å². The average molecular weight is 356 g/mol. The van der Waals surface area contributed by atoms with Gasteiger partial charge in [0.05, 0.1) is 0 Å². The second-order valence-corrected chi connectivity index (χ2v) is 6.29. The molecule has 1 amide bonds. The van der Waals surface area contributed by atoms with E-state index < -0.39 is 0 Å². The third-order valence-electron chi connectivity index (χ3n) is 3.64. The van der Waals surface area contributed by atoms with Crippen LogP contribution in [0.15, 0.2) is 28.7 Å². The Morgan fingerprint density at radius 1 is 1.43 bits per heavy atom. The Morgan fingerprint density at radius 2 is 2.14 bits per heavy atom. The van der Waals surface area contributed by atoms with E-state index in [4.69, 9.17) is 4.74 Å². The van der Waals surface area contributed by atoms with Crippen molar-refractivity contribution in [1.82, 2.24) is 16.2 Å². The molecule has 1 fully saturated rings. The Labute approximate surface area is 133 Å². The maximum atomic E-state index is 12.2. The monoisotopic (exact) mass is 355 g/mol. The molecule has 3 N–H and O–H groups in total. The van der Waals surface area contributed by atoms with E-state index in [-0.39, 0.29) is 24.0 Å². The van der Waals surface area contributed by atoms with Crippen LogP contribution < -0.4 is 16.2 Å². The number of methoxy groups -OCH3 is 1. The summed E-state index contributed by atoms with van der Waals surface area (Å²) in [5.74, 6) is 0.0331. The molecular weight excluding hydrogens is 334 g/mol. The van der Waals surface area contributed by atoms with Gasteiger partial charge in [-0.05, 0) is 37.5 Å². The number of ether oxygens (including phenoxy) is 1. The lowest BCUT2D eigenvalue weighted by Crippen LogP contribution is -2.46. The van der Waals surface area contributed by atoms with Gasteiger partial charge in [0.2, 0.25) is 5.91 Å². The number of hydrogen-bond donors (Lipinski definition) is 3. The minimum atomic E-state index is -0.205. The molecule has 1 aliphatic heterocycles. The summed E-state index contributed by atoms with van der Waals surface area (Å²) in [5, 5.41) is 3.01. The van der Waals surface area contributed by atoms with E-state index in [0.29, 0.717) is 6.61 Å². The lowest BCUT2D eigenvalue weighted by molar-refractivity contribution is -0.123. The van der Waals surface area contributed by atoms with E-state index in [9.17, 15) is 4.79 Å². The van der Waals surface area contributed by atoms with Crippen LogP contribution in [0, 0.1) is 0 Å². The van der Waals surface area contributed by atoms with Crippen molar-refractivity contribution in [3.05, 3.63) is 34.3 Å². The molecule has 1 aliphatic rings. The van der Waals surface area contributed by atoms with Gasteiger partial charge in [0, 0.05) is 30.3 Å². The number of carbonyl (C=O) groups is 1. The Bertz CT molecular complexity index is 466. The van der Waals surface area contributed by atoms with Crippen LogP contribution in [-0.2, 0) is 9.53 Å². The summed E-state index contributed by atoms with van der Waals surface area (Å²) in [4.78, 5) is 12.2. The molecular formula is C15H22BrN3O2. The number of hydrogen-bond acceptors (Lipinski definition) is 4. The average Bonchev–Trinajstić information content (AvgIpc) is 2.96. The molecule has 1 saturated heterocycles. The summed E-state index contributed by atoms with van der Waals surface area (Å²) in [7, 11) is 1.67. The number of nitrogens with one attached hydrogen (secondary N) is 3. The van der Waals surface area contributed by atoms with Crippen LogP contribution in [0.3, 0.4) is 0 Å². The molecule has 6 heteroatoms. The minimum absolute atomic E-state index is 0.0331. The highest BCUT2D eigenvalue weighted by molar-refractivity contribution is 9.10. The Morgan fingerprint density at radius 3 is 2.81 bits per heavy atom. The first-order chi connectivity index (χ1) is 10.1. The number of benzene rings is 1. The molecule has 2 rings (SSSR count). The van der Waals surface area contributed by atoms with Crippen molar-refractivity contribution < 1.29 is 9.53 Å². The largest absolute Gasteiger partial charge is 0.385 e. The van der Waals surface area contributed by atoms with Crippen molar-refractivity contribution in [2.45, 2.75) is 37.9 Å². The maximum Gasteiger partial charge on any atom is 0.238 e. The zero-order valence-electron chi connectivity index (χ0n) is 12.4. The molecule has 0 aromatic heterocycles. The van der Waals surface area contributed by atoms with Crippen LogP contribution >= 0.6 is 15.9 Å². The first kappa shape index (κ1) is 16.4. The normalized spacial score (nSPS) is 23.0. The van der Waals surface area contributed by atoms with E-state index in [2.05, 4.69) is 44.2 Å². The van der Waals surface area contributed by atoms with Gasteiger partial charge in [0.1, 0.15) is 6.04 Å². The summed E-state index contributed by atoms with van der Waals surface area (Å²) in [5.41, 5.74) is 7.44. The zero-order chi connectivity index (χ0) is 15.2. The standard InChI is InChI=1S/C15H22BrN3O2/c1-10(7-8-21-2)17-15(20)14-9-13(18-19-14)11-3-5-12(16)6-4-11/h3-6,10,13-14,18-19H,7-9H2,1-2H3,(H,17,20). The molecule has 0 aliphatic carbocycles. The van der Waals surface area contributed by atoms with Crippen LogP contribution in [0.1, 0.15) is 31.4 Å². The Hall–Kier alpha value is -0.950. The highest BCUT2D eigenvalue weighted by Gasteiger charge is 2.30. The molecule has 5 nitrogen and oxygen atoms in total. The third kappa shape index (κ3) is 4.78. The molecule has 21 heavy (non-hydrogen) atoms. The van der Waals surface area contributed by atoms with Crippen molar-refractivity contribution in [2.24, 2.45) is 0 Å². The van der Waals surface area contributed by atoms with Crippen molar-refractivity contribution in [3.8, 4) is 0 Å². The fourth-order valence-corrected chi connectivity index (χ4v) is 2.62. The summed E-state index contributed by atoms with van der Waals surface area (Å²) in [6, 6.07) is 8.21. The molecule has 1 aromatic carbocycles. The summed E-state index contributed by atoms with van der Waals surface area (Å²) in [6.45, 7) is 2.64. The van der Waals surface area contributed by atoms with Gasteiger partial charge in [-0.1, -0.05) is 28.1 Å². The predicted molar refractivity (Wildman–Crippen MR) is 85.7 cm³/mol. The van der Waals surface area contributed by atoms with Crippen LogP contribution in [0.5, 0.6) is 0 Å². The van der Waals surface area contributed by atoms with E-state index in [1.54, 1.807) is 7.11 Å². The van der Waals surface area contributed by atoms with E-state index in [1.165, 1.54) is 5.56 Å². The van der Waals surface area contributed by atoms with Crippen molar-refractivity contribution >= 4 is 21.8 Å². The highest BCUT2D eigenvalue weighted by atomic mass is 79.9. The molecule has 0 spiro atoms. The number of rotatable bonds is 6. The second-order valence-electron chi connectivity index (χ2n) is 5.37. The molecule has 0 bridgehead atoms. The molecule has 0 saturated carbocycles. The fraction of sp³-hybridized carbons (Fsp3) is 0.533. The van der Waals surface area contributed by atoms with Crippen molar-refractivity contribution in [3.63, 3.8) is 0 Å². The van der Waals surface area contributed by atoms with Crippen molar-refractivity contribution in [1.29, 1.82) is 0 Å². The van der Waals surface area contributed by atoms with Crippen molar-refractivity contribution in [2.75, 3.05) is 13.7 Å². The topological polar surface area (TPSA) is 62.4 Å². The van der Waals surface area contributed by atoms with E-state index >= 15 is 0 Å². The quantitative estimate of drug-likeness (QED) is 0.729. The Balaban J connectivity index is 1.84. The smallest absolute Gasteiger partial charge is 0.238 e. The number of halogens is 1. The molecule has 1 heterocycles. The van der Waals surface area contributed by atoms with Gasteiger partial charge in [-0.25, -0.2) is 10.9 Å². The van der Waals surface area contributed by atoms with Gasteiger partial charge < -0.3 is 10.1 Å². The molecule has 116 valence electrons. The first-order valence-electron chi connectivity index (χ1n) is 7.16. The van der Waals surface area contributed by atoms with Crippen LogP contribution in [0.2, 0.25) is 0 Å². The molecule has 0 radical (unpaired) electrons. The van der Waals surface area contributed by atoms with E-state index in [0.717, 1.165) is 17.3 Å². The summed E-state index contributed by atoms with van der Waals surface area (Å²) in [6.07, 6.45) is 1.56. The van der Waals surface area contributed by atoms with Crippen LogP contribution in [0.4, 0.5) is 0 Å². The van der Waals surface area contributed by atoms with Gasteiger partial charge in [-0.3, -0.25) is 4.79 Å².